The van der Waals surface area contributed by atoms with Gasteiger partial charge in [0.25, 0.3) is 0 Å². The maximum atomic E-state index is 9.59. The number of nitrogens with zero attached hydrogens (tertiary/aromatic N) is 2. The fourth-order valence-corrected chi connectivity index (χ4v) is 4.19. The smallest absolute Gasteiger partial charge is 0.191 e. The van der Waals surface area contributed by atoms with Gasteiger partial charge in [-0.05, 0) is 50.3 Å². The molecule has 27 heavy (non-hydrogen) atoms. The van der Waals surface area contributed by atoms with E-state index in [1.807, 2.05) is 12.1 Å². The average molecular weight is 486 g/mol. The van der Waals surface area contributed by atoms with Gasteiger partial charge in [0, 0.05) is 31.7 Å². The lowest BCUT2D eigenvalue weighted by atomic mass is 9.92. The van der Waals surface area contributed by atoms with E-state index in [-0.39, 0.29) is 24.0 Å². The van der Waals surface area contributed by atoms with E-state index in [0.717, 1.165) is 24.1 Å². The molecule has 0 spiro atoms. The maximum Gasteiger partial charge on any atom is 0.191 e. The molecule has 1 aromatic rings. The Bertz CT molecular complexity index is 581. The first kappa shape index (κ1) is 22.3. The van der Waals surface area contributed by atoms with Crippen LogP contribution in [0.2, 0.25) is 0 Å². The third kappa shape index (κ3) is 7.14. The summed E-state index contributed by atoms with van der Waals surface area (Å²) in [6.45, 7) is 5.93. The zero-order valence-electron chi connectivity index (χ0n) is 16.5. The summed E-state index contributed by atoms with van der Waals surface area (Å²) in [5, 5.41) is 16.6. The van der Waals surface area contributed by atoms with E-state index < -0.39 is 0 Å². The van der Waals surface area contributed by atoms with Gasteiger partial charge in [0.15, 0.2) is 5.96 Å². The third-order valence-electron chi connectivity index (χ3n) is 5.64. The van der Waals surface area contributed by atoms with Gasteiger partial charge < -0.3 is 20.6 Å². The van der Waals surface area contributed by atoms with E-state index in [4.69, 9.17) is 4.99 Å². The first-order chi connectivity index (χ1) is 12.7. The highest BCUT2D eigenvalue weighted by Crippen LogP contribution is 2.25. The van der Waals surface area contributed by atoms with Gasteiger partial charge in [0.1, 0.15) is 5.75 Å². The molecule has 1 saturated heterocycles. The number of nitrogens with one attached hydrogen (secondary N) is 2. The van der Waals surface area contributed by atoms with Crippen molar-refractivity contribution in [2.75, 3.05) is 19.6 Å². The largest absolute Gasteiger partial charge is 0.508 e. The maximum absolute atomic E-state index is 9.59. The number of aliphatic imine (C=N–C) groups is 1. The molecular formula is C21H35IN4O. The highest BCUT2D eigenvalue weighted by molar-refractivity contribution is 14.0. The first-order valence-corrected chi connectivity index (χ1v) is 10.3. The van der Waals surface area contributed by atoms with Crippen LogP contribution in [0.5, 0.6) is 5.75 Å². The van der Waals surface area contributed by atoms with Crippen LogP contribution in [-0.4, -0.2) is 47.7 Å². The van der Waals surface area contributed by atoms with Crippen molar-refractivity contribution in [3.05, 3.63) is 29.8 Å². The molecular weight excluding hydrogens is 451 g/mol. The zero-order chi connectivity index (χ0) is 18.2. The van der Waals surface area contributed by atoms with Crippen molar-refractivity contribution in [1.82, 2.24) is 15.5 Å². The number of rotatable bonds is 5. The number of hydrogen-bond acceptors (Lipinski definition) is 3. The van der Waals surface area contributed by atoms with E-state index in [2.05, 4.69) is 22.5 Å². The van der Waals surface area contributed by atoms with Gasteiger partial charge in [-0.3, -0.25) is 0 Å². The van der Waals surface area contributed by atoms with Crippen molar-refractivity contribution in [3.63, 3.8) is 0 Å². The Morgan fingerprint density at radius 3 is 2.56 bits per heavy atom. The summed E-state index contributed by atoms with van der Waals surface area (Å²) in [5.41, 5.74) is 1.02. The lowest BCUT2D eigenvalue weighted by Crippen LogP contribution is -2.50. The number of hydrogen-bond donors (Lipinski definition) is 3. The van der Waals surface area contributed by atoms with E-state index in [1.54, 1.807) is 12.1 Å². The summed E-state index contributed by atoms with van der Waals surface area (Å²) in [5.74, 6) is 1.18. The van der Waals surface area contributed by atoms with Crippen LogP contribution < -0.4 is 10.6 Å². The number of halogens is 1. The summed E-state index contributed by atoms with van der Waals surface area (Å²) in [6.07, 6.45) is 9.42. The predicted molar refractivity (Wildman–Crippen MR) is 123 cm³/mol. The lowest BCUT2D eigenvalue weighted by Gasteiger charge is -2.39. The van der Waals surface area contributed by atoms with Crippen LogP contribution in [0.1, 0.15) is 57.4 Å². The van der Waals surface area contributed by atoms with Gasteiger partial charge in [0.05, 0.1) is 6.54 Å². The van der Waals surface area contributed by atoms with E-state index >= 15 is 0 Å². The Morgan fingerprint density at radius 2 is 1.89 bits per heavy atom. The number of guanidine groups is 1. The molecule has 3 N–H and O–H groups in total. The number of likely N-dealkylation sites (tertiary alicyclic amines) is 1. The van der Waals surface area contributed by atoms with Crippen LogP contribution in [-0.2, 0) is 6.54 Å². The van der Waals surface area contributed by atoms with Gasteiger partial charge >= 0.3 is 0 Å². The van der Waals surface area contributed by atoms with Gasteiger partial charge in [-0.2, -0.15) is 0 Å². The SMILES string of the molecule is CCNC(=NCc1cccc(O)c1)NC1CCN(C2CCCCC2)CC1.I. The molecule has 152 valence electrons. The molecule has 3 rings (SSSR count). The van der Waals surface area contributed by atoms with Crippen molar-refractivity contribution in [3.8, 4) is 5.75 Å². The highest BCUT2D eigenvalue weighted by atomic mass is 127. The molecule has 1 aromatic carbocycles. The molecule has 0 bridgehead atoms. The Balaban J connectivity index is 0.00000261. The average Bonchev–Trinajstić information content (AvgIpc) is 2.68. The number of piperidine rings is 1. The second-order valence-corrected chi connectivity index (χ2v) is 7.61. The Hall–Kier alpha value is -1.02. The minimum Gasteiger partial charge on any atom is -0.508 e. The molecule has 0 unspecified atom stereocenters. The molecule has 0 atom stereocenters. The first-order valence-electron chi connectivity index (χ1n) is 10.3. The van der Waals surface area contributed by atoms with Crippen molar-refractivity contribution in [1.29, 1.82) is 0 Å². The van der Waals surface area contributed by atoms with Crippen LogP contribution >= 0.6 is 24.0 Å². The molecule has 6 heteroatoms. The zero-order valence-corrected chi connectivity index (χ0v) is 18.8. The van der Waals surface area contributed by atoms with Crippen LogP contribution in [0.15, 0.2) is 29.3 Å². The molecule has 0 amide bonds. The second kappa shape index (κ2) is 11.7. The normalized spacial score (nSPS) is 20.1. The molecule has 5 nitrogen and oxygen atoms in total. The minimum atomic E-state index is 0. The molecule has 0 aromatic heterocycles. The van der Waals surface area contributed by atoms with E-state index in [9.17, 15) is 5.11 Å². The Morgan fingerprint density at radius 1 is 1.15 bits per heavy atom. The molecule has 2 aliphatic rings. The Kier molecular flexibility index (Phi) is 9.68. The van der Waals surface area contributed by atoms with Gasteiger partial charge in [0.2, 0.25) is 0 Å². The summed E-state index contributed by atoms with van der Waals surface area (Å²) in [6, 6.07) is 8.65. The van der Waals surface area contributed by atoms with Gasteiger partial charge in [-0.25, -0.2) is 4.99 Å². The molecule has 1 heterocycles. The van der Waals surface area contributed by atoms with Crippen LogP contribution in [0, 0.1) is 0 Å². The fraction of sp³-hybridized carbons (Fsp3) is 0.667. The Labute approximate surface area is 181 Å². The third-order valence-corrected chi connectivity index (χ3v) is 5.64. The van der Waals surface area contributed by atoms with E-state index in [1.165, 1.54) is 58.0 Å². The van der Waals surface area contributed by atoms with Crippen molar-refractivity contribution < 1.29 is 5.11 Å². The van der Waals surface area contributed by atoms with Crippen molar-refractivity contribution >= 4 is 29.9 Å². The van der Waals surface area contributed by atoms with Gasteiger partial charge in [-0.1, -0.05) is 31.4 Å². The fourth-order valence-electron chi connectivity index (χ4n) is 4.19. The lowest BCUT2D eigenvalue weighted by molar-refractivity contribution is 0.119. The van der Waals surface area contributed by atoms with Crippen molar-refractivity contribution in [2.24, 2.45) is 4.99 Å². The predicted octanol–water partition coefficient (Wildman–Crippen LogP) is 3.86. The molecule has 1 aliphatic carbocycles. The topological polar surface area (TPSA) is 59.9 Å². The van der Waals surface area contributed by atoms with Crippen LogP contribution in [0.25, 0.3) is 0 Å². The summed E-state index contributed by atoms with van der Waals surface area (Å²) in [4.78, 5) is 7.41. The van der Waals surface area contributed by atoms with Crippen molar-refractivity contribution in [2.45, 2.75) is 70.5 Å². The number of aromatic hydroxyl groups is 1. The summed E-state index contributed by atoms with van der Waals surface area (Å²) in [7, 11) is 0. The molecule has 2 fully saturated rings. The highest BCUT2D eigenvalue weighted by Gasteiger charge is 2.26. The van der Waals surface area contributed by atoms with Crippen LogP contribution in [0.4, 0.5) is 0 Å². The number of benzene rings is 1. The quantitative estimate of drug-likeness (QED) is 0.336. The molecule has 1 saturated carbocycles. The molecule has 1 aliphatic heterocycles. The number of phenols is 1. The minimum absolute atomic E-state index is 0. The number of phenolic OH excluding ortho intramolecular Hbond substituents is 1. The van der Waals surface area contributed by atoms with Crippen LogP contribution in [0.3, 0.4) is 0 Å². The van der Waals surface area contributed by atoms with E-state index in [0.29, 0.717) is 18.3 Å². The molecule has 0 radical (unpaired) electrons. The monoisotopic (exact) mass is 486 g/mol. The second-order valence-electron chi connectivity index (χ2n) is 7.61. The van der Waals surface area contributed by atoms with Gasteiger partial charge in [-0.15, -0.1) is 24.0 Å². The summed E-state index contributed by atoms with van der Waals surface area (Å²) < 4.78 is 0. The summed E-state index contributed by atoms with van der Waals surface area (Å²) >= 11 is 0. The standard InChI is InChI=1S/C21H34N4O.HI/c1-2-22-21(23-16-17-7-6-10-20(26)15-17)24-18-11-13-25(14-12-18)19-8-4-3-5-9-19;/h6-7,10,15,18-19,26H,2-5,8-9,11-14,16H2,1H3,(H2,22,23,24);1H.